The second kappa shape index (κ2) is 5.20. The summed E-state index contributed by atoms with van der Waals surface area (Å²) in [7, 11) is 0. The van der Waals surface area contributed by atoms with Crippen molar-refractivity contribution >= 4 is 17.3 Å². The van der Waals surface area contributed by atoms with Gasteiger partial charge in [0, 0.05) is 19.6 Å². The summed E-state index contributed by atoms with van der Waals surface area (Å²) in [5.41, 5.74) is -0.0457. The number of anilines is 2. The maximum absolute atomic E-state index is 11.4. The van der Waals surface area contributed by atoms with Crippen LogP contribution in [0.1, 0.15) is 19.8 Å². The average Bonchev–Trinajstić information content (AvgIpc) is 2.77. The fourth-order valence-electron chi connectivity index (χ4n) is 2.85. The van der Waals surface area contributed by atoms with Crippen molar-refractivity contribution in [2.45, 2.75) is 32.0 Å². The van der Waals surface area contributed by atoms with Gasteiger partial charge in [-0.05, 0) is 19.8 Å². The number of fused-ring (bicyclic) bond motifs is 2. The molecule has 0 amide bonds. The van der Waals surface area contributed by atoms with Crippen LogP contribution in [0.4, 0.5) is 17.3 Å². The minimum absolute atomic E-state index is 0.0457. The molecule has 0 spiro atoms. The largest absolute Gasteiger partial charge is 0.371 e. The van der Waals surface area contributed by atoms with Crippen LogP contribution in [0.5, 0.6) is 0 Å². The molecule has 2 unspecified atom stereocenters. The van der Waals surface area contributed by atoms with Crippen LogP contribution in [0.15, 0.2) is 6.33 Å². The second-order valence-electron chi connectivity index (χ2n) is 5.04. The molecule has 2 saturated heterocycles. The summed E-state index contributed by atoms with van der Waals surface area (Å²) in [6.45, 7) is 3.76. The third kappa shape index (κ3) is 2.26. The molecule has 0 aliphatic carbocycles. The van der Waals surface area contributed by atoms with Crippen LogP contribution < -0.4 is 10.2 Å². The number of morpholine rings is 1. The summed E-state index contributed by atoms with van der Waals surface area (Å²) in [6.07, 6.45) is 3.72. The molecule has 8 nitrogen and oxygen atoms in total. The van der Waals surface area contributed by atoms with E-state index in [0.717, 1.165) is 12.8 Å². The molecule has 1 N–H and O–H groups in total. The van der Waals surface area contributed by atoms with Gasteiger partial charge in [-0.15, -0.1) is 0 Å². The molecule has 2 bridgehead atoms. The first-order valence-electron chi connectivity index (χ1n) is 6.82. The van der Waals surface area contributed by atoms with Gasteiger partial charge in [0.2, 0.25) is 11.6 Å². The zero-order valence-electron chi connectivity index (χ0n) is 11.3. The Morgan fingerprint density at radius 3 is 2.75 bits per heavy atom. The van der Waals surface area contributed by atoms with E-state index < -0.39 is 4.92 Å². The summed E-state index contributed by atoms with van der Waals surface area (Å²) < 4.78 is 5.76. The molecule has 2 atom stereocenters. The van der Waals surface area contributed by atoms with E-state index in [1.807, 2.05) is 11.8 Å². The quantitative estimate of drug-likeness (QED) is 0.653. The summed E-state index contributed by atoms with van der Waals surface area (Å²) in [4.78, 5) is 21.0. The molecular weight excluding hydrogens is 262 g/mol. The van der Waals surface area contributed by atoms with Gasteiger partial charge in [-0.2, -0.15) is 0 Å². The Kier molecular flexibility index (Phi) is 3.39. The molecule has 2 aliphatic heterocycles. The summed E-state index contributed by atoms with van der Waals surface area (Å²) in [5, 5.41) is 14.3. The van der Waals surface area contributed by atoms with Crippen molar-refractivity contribution in [1.82, 2.24) is 9.97 Å². The Bertz CT molecular complexity index is 512. The van der Waals surface area contributed by atoms with Gasteiger partial charge in [-0.1, -0.05) is 0 Å². The van der Waals surface area contributed by atoms with Crippen LogP contribution in [-0.2, 0) is 4.74 Å². The van der Waals surface area contributed by atoms with Crippen LogP contribution in [0, 0.1) is 10.1 Å². The molecule has 3 heterocycles. The molecule has 20 heavy (non-hydrogen) atoms. The van der Waals surface area contributed by atoms with Crippen molar-refractivity contribution < 1.29 is 9.66 Å². The van der Waals surface area contributed by atoms with Gasteiger partial charge in [0.05, 0.1) is 17.1 Å². The number of hydrogen-bond acceptors (Lipinski definition) is 7. The predicted octanol–water partition coefficient (Wildman–Crippen LogP) is 1.18. The van der Waals surface area contributed by atoms with Crippen molar-refractivity contribution in [3.63, 3.8) is 0 Å². The van der Waals surface area contributed by atoms with Crippen LogP contribution >= 0.6 is 0 Å². The fourth-order valence-corrected chi connectivity index (χ4v) is 2.85. The number of rotatable bonds is 4. The lowest BCUT2D eigenvalue weighted by molar-refractivity contribution is -0.383. The first-order chi connectivity index (χ1) is 9.69. The van der Waals surface area contributed by atoms with Gasteiger partial charge in [0.25, 0.3) is 0 Å². The first kappa shape index (κ1) is 13.0. The molecule has 2 aliphatic rings. The highest BCUT2D eigenvalue weighted by atomic mass is 16.6. The molecule has 1 aromatic rings. The molecule has 8 heteroatoms. The topological polar surface area (TPSA) is 93.4 Å². The van der Waals surface area contributed by atoms with Crippen molar-refractivity contribution in [1.29, 1.82) is 0 Å². The van der Waals surface area contributed by atoms with Gasteiger partial charge >= 0.3 is 5.69 Å². The predicted molar refractivity (Wildman–Crippen MR) is 73.0 cm³/mol. The van der Waals surface area contributed by atoms with Gasteiger partial charge in [0.1, 0.15) is 6.33 Å². The van der Waals surface area contributed by atoms with Crippen molar-refractivity contribution in [2.24, 2.45) is 0 Å². The maximum atomic E-state index is 11.4. The van der Waals surface area contributed by atoms with E-state index in [2.05, 4.69) is 15.3 Å². The van der Waals surface area contributed by atoms with Crippen LogP contribution in [0.3, 0.4) is 0 Å². The van der Waals surface area contributed by atoms with E-state index in [1.165, 1.54) is 6.33 Å². The smallest absolute Gasteiger partial charge is 0.353 e. The average molecular weight is 279 g/mol. The lowest BCUT2D eigenvalue weighted by Gasteiger charge is -2.32. The van der Waals surface area contributed by atoms with E-state index >= 15 is 0 Å². The minimum Gasteiger partial charge on any atom is -0.371 e. The molecule has 3 rings (SSSR count). The number of nitrogens with zero attached hydrogens (tertiary/aromatic N) is 4. The van der Waals surface area contributed by atoms with Crippen LogP contribution in [-0.4, -0.2) is 46.7 Å². The minimum atomic E-state index is -0.412. The van der Waals surface area contributed by atoms with Gasteiger partial charge < -0.3 is 15.0 Å². The third-order valence-corrected chi connectivity index (χ3v) is 3.67. The lowest BCUT2D eigenvalue weighted by Crippen LogP contribution is -2.43. The highest BCUT2D eigenvalue weighted by Gasteiger charge is 2.37. The second-order valence-corrected chi connectivity index (χ2v) is 5.04. The van der Waals surface area contributed by atoms with E-state index in [-0.39, 0.29) is 23.7 Å². The number of nitrogens with one attached hydrogen (secondary N) is 1. The zero-order chi connectivity index (χ0) is 14.1. The molecule has 0 aromatic carbocycles. The Hall–Kier alpha value is -1.96. The van der Waals surface area contributed by atoms with Crippen LogP contribution in [0.25, 0.3) is 0 Å². The van der Waals surface area contributed by atoms with E-state index in [4.69, 9.17) is 4.74 Å². The number of ether oxygens (including phenoxy) is 1. The number of aromatic nitrogens is 2. The van der Waals surface area contributed by atoms with E-state index in [9.17, 15) is 10.1 Å². The highest BCUT2D eigenvalue weighted by Crippen LogP contribution is 2.35. The summed E-state index contributed by atoms with van der Waals surface area (Å²) in [5.74, 6) is 0.669. The molecule has 108 valence electrons. The van der Waals surface area contributed by atoms with E-state index in [1.54, 1.807) is 0 Å². The van der Waals surface area contributed by atoms with Crippen molar-refractivity contribution in [3.05, 3.63) is 16.4 Å². The Morgan fingerprint density at radius 2 is 2.15 bits per heavy atom. The van der Waals surface area contributed by atoms with Crippen LogP contribution in [0.2, 0.25) is 0 Å². The van der Waals surface area contributed by atoms with Gasteiger partial charge in [-0.3, -0.25) is 10.1 Å². The van der Waals surface area contributed by atoms with E-state index in [0.29, 0.717) is 25.5 Å². The lowest BCUT2D eigenvalue weighted by atomic mass is 10.2. The molecular formula is C12H17N5O3. The van der Waals surface area contributed by atoms with Gasteiger partial charge in [0.15, 0.2) is 0 Å². The monoisotopic (exact) mass is 279 g/mol. The first-order valence-corrected chi connectivity index (χ1v) is 6.82. The number of hydrogen-bond donors (Lipinski definition) is 1. The fraction of sp³-hybridized carbons (Fsp3) is 0.667. The van der Waals surface area contributed by atoms with Crippen molar-refractivity contribution in [3.8, 4) is 0 Å². The standard InChI is InChI=1S/C12H17N5O3/c1-2-13-11-10(17(18)19)12(15-7-14-11)16-5-8-3-4-9(6-16)20-8/h7-9H,2-6H2,1H3,(H,13,14,15). The SMILES string of the molecule is CCNc1ncnc(N2CC3CCC(C2)O3)c1[N+](=O)[O-]. The zero-order valence-corrected chi connectivity index (χ0v) is 11.3. The molecule has 2 fully saturated rings. The normalized spacial score (nSPS) is 24.8. The molecule has 0 saturated carbocycles. The maximum Gasteiger partial charge on any atom is 0.353 e. The Morgan fingerprint density at radius 1 is 1.45 bits per heavy atom. The summed E-state index contributed by atoms with van der Waals surface area (Å²) >= 11 is 0. The molecule has 0 radical (unpaired) electrons. The highest BCUT2D eigenvalue weighted by molar-refractivity contribution is 5.70. The van der Waals surface area contributed by atoms with Gasteiger partial charge in [-0.25, -0.2) is 9.97 Å². The van der Waals surface area contributed by atoms with Crippen molar-refractivity contribution in [2.75, 3.05) is 29.9 Å². The Balaban J connectivity index is 1.96. The third-order valence-electron chi connectivity index (χ3n) is 3.67. The molecule has 1 aromatic heterocycles. The summed E-state index contributed by atoms with van der Waals surface area (Å²) in [6, 6.07) is 0. The number of nitro groups is 1. The Labute approximate surface area is 116 Å².